The molecule has 1 amide bonds. The minimum absolute atomic E-state index is 0.0776. The summed E-state index contributed by atoms with van der Waals surface area (Å²) in [6.07, 6.45) is 1.66. The highest BCUT2D eigenvalue weighted by atomic mass is 35.5. The molecule has 0 atom stereocenters. The molecule has 2 heterocycles. The van der Waals surface area contributed by atoms with Gasteiger partial charge in [0.05, 0.1) is 19.3 Å². The molecule has 2 aromatic carbocycles. The van der Waals surface area contributed by atoms with Crippen molar-refractivity contribution in [1.82, 2.24) is 14.7 Å². The third-order valence-electron chi connectivity index (χ3n) is 5.19. The summed E-state index contributed by atoms with van der Waals surface area (Å²) in [4.78, 5) is 16.9. The van der Waals surface area contributed by atoms with E-state index in [0.29, 0.717) is 23.9 Å². The summed E-state index contributed by atoms with van der Waals surface area (Å²) in [5, 5.41) is 7.92. The molecule has 1 aliphatic heterocycles. The highest BCUT2D eigenvalue weighted by Crippen LogP contribution is 2.19. The molecule has 8 heteroatoms. The van der Waals surface area contributed by atoms with E-state index in [4.69, 9.17) is 11.6 Å². The molecule has 1 N–H and O–H groups in total. The van der Waals surface area contributed by atoms with Crippen LogP contribution in [0.25, 0.3) is 0 Å². The molecule has 1 aromatic heterocycles. The average molecular weight is 428 g/mol. The summed E-state index contributed by atoms with van der Waals surface area (Å²) in [5.41, 5.74) is 1.94. The highest BCUT2D eigenvalue weighted by Gasteiger charge is 2.20. The third kappa shape index (κ3) is 4.98. The van der Waals surface area contributed by atoms with Crippen LogP contribution in [0.1, 0.15) is 5.56 Å². The SMILES string of the molecule is O=C(CN1CCN(c2ccc(F)cc2)CC1)Nc1ccnn1Cc1ccccc1Cl. The maximum atomic E-state index is 13.1. The lowest BCUT2D eigenvalue weighted by Crippen LogP contribution is -2.48. The number of amides is 1. The van der Waals surface area contributed by atoms with Gasteiger partial charge in [0.2, 0.25) is 5.91 Å². The summed E-state index contributed by atoms with van der Waals surface area (Å²) < 4.78 is 14.8. The van der Waals surface area contributed by atoms with Crippen LogP contribution in [-0.2, 0) is 11.3 Å². The fraction of sp³-hybridized carbons (Fsp3) is 0.273. The molecule has 0 saturated carbocycles. The molecule has 6 nitrogen and oxygen atoms in total. The van der Waals surface area contributed by atoms with Gasteiger partial charge < -0.3 is 10.2 Å². The number of hydrogen-bond donors (Lipinski definition) is 1. The summed E-state index contributed by atoms with van der Waals surface area (Å²) in [5.74, 6) is 0.332. The molecule has 1 fully saturated rings. The van der Waals surface area contributed by atoms with Gasteiger partial charge in [0.1, 0.15) is 11.6 Å². The predicted molar refractivity (Wildman–Crippen MR) is 116 cm³/mol. The highest BCUT2D eigenvalue weighted by molar-refractivity contribution is 6.31. The van der Waals surface area contributed by atoms with Crippen molar-refractivity contribution in [3.8, 4) is 0 Å². The fourth-order valence-electron chi connectivity index (χ4n) is 3.55. The quantitative estimate of drug-likeness (QED) is 0.654. The topological polar surface area (TPSA) is 53.4 Å². The second-order valence-corrected chi connectivity index (χ2v) is 7.66. The minimum atomic E-state index is -0.233. The second-order valence-electron chi connectivity index (χ2n) is 7.25. The zero-order chi connectivity index (χ0) is 20.9. The Morgan fingerprint density at radius 2 is 1.77 bits per heavy atom. The lowest BCUT2D eigenvalue weighted by Gasteiger charge is -2.35. The zero-order valence-corrected chi connectivity index (χ0v) is 17.2. The minimum Gasteiger partial charge on any atom is -0.369 e. The Morgan fingerprint density at radius 1 is 1.03 bits per heavy atom. The Kier molecular flexibility index (Phi) is 6.30. The number of benzene rings is 2. The zero-order valence-electron chi connectivity index (χ0n) is 16.5. The van der Waals surface area contributed by atoms with Gasteiger partial charge in [-0.05, 0) is 35.9 Å². The van der Waals surface area contributed by atoms with Crippen molar-refractivity contribution in [2.24, 2.45) is 0 Å². The molecule has 0 spiro atoms. The van der Waals surface area contributed by atoms with E-state index in [2.05, 4.69) is 20.2 Å². The predicted octanol–water partition coefficient (Wildman–Crippen LogP) is 3.48. The van der Waals surface area contributed by atoms with E-state index in [9.17, 15) is 9.18 Å². The molecule has 0 bridgehead atoms. The first-order chi connectivity index (χ1) is 14.6. The number of halogens is 2. The molecular formula is C22H23ClFN5O. The van der Waals surface area contributed by atoms with Crippen LogP contribution in [0.5, 0.6) is 0 Å². The van der Waals surface area contributed by atoms with Gasteiger partial charge in [0.25, 0.3) is 0 Å². The molecule has 0 aliphatic carbocycles. The van der Waals surface area contributed by atoms with E-state index >= 15 is 0 Å². The number of piperazine rings is 1. The summed E-state index contributed by atoms with van der Waals surface area (Å²) in [7, 11) is 0. The normalized spacial score (nSPS) is 14.7. The van der Waals surface area contributed by atoms with Crippen molar-refractivity contribution >= 4 is 29.0 Å². The number of anilines is 2. The number of rotatable bonds is 6. The Morgan fingerprint density at radius 3 is 2.50 bits per heavy atom. The van der Waals surface area contributed by atoms with Crippen molar-refractivity contribution < 1.29 is 9.18 Å². The Balaban J connectivity index is 1.29. The maximum Gasteiger partial charge on any atom is 0.239 e. The van der Waals surface area contributed by atoms with Gasteiger partial charge in [-0.3, -0.25) is 9.69 Å². The van der Waals surface area contributed by atoms with E-state index in [-0.39, 0.29) is 11.7 Å². The van der Waals surface area contributed by atoms with Crippen LogP contribution in [0, 0.1) is 5.82 Å². The van der Waals surface area contributed by atoms with Crippen LogP contribution in [0.4, 0.5) is 15.9 Å². The number of carbonyl (C=O) groups excluding carboxylic acids is 1. The van der Waals surface area contributed by atoms with Crippen molar-refractivity contribution in [3.63, 3.8) is 0 Å². The second kappa shape index (κ2) is 9.28. The smallest absolute Gasteiger partial charge is 0.239 e. The Hall–Kier alpha value is -2.90. The average Bonchev–Trinajstić information content (AvgIpc) is 3.17. The van der Waals surface area contributed by atoms with Crippen LogP contribution in [0.3, 0.4) is 0 Å². The summed E-state index contributed by atoms with van der Waals surface area (Å²) in [6.45, 7) is 3.92. The first-order valence-corrected chi connectivity index (χ1v) is 10.2. The molecule has 156 valence electrons. The van der Waals surface area contributed by atoms with Gasteiger partial charge >= 0.3 is 0 Å². The lowest BCUT2D eigenvalue weighted by molar-refractivity contribution is -0.117. The van der Waals surface area contributed by atoms with Gasteiger partial charge in [0.15, 0.2) is 0 Å². The number of hydrogen-bond acceptors (Lipinski definition) is 4. The van der Waals surface area contributed by atoms with Crippen LogP contribution in [0.15, 0.2) is 60.8 Å². The number of nitrogens with one attached hydrogen (secondary N) is 1. The number of carbonyl (C=O) groups is 1. The van der Waals surface area contributed by atoms with Crippen molar-refractivity contribution in [3.05, 3.63) is 77.2 Å². The van der Waals surface area contributed by atoms with Crippen LogP contribution >= 0.6 is 11.6 Å². The molecule has 1 saturated heterocycles. The number of aromatic nitrogens is 2. The molecule has 4 rings (SSSR count). The standard InChI is InChI=1S/C22H23ClFN5O/c23-20-4-2-1-3-17(20)15-29-21(9-10-25-29)26-22(30)16-27-11-13-28(14-12-27)19-7-5-18(24)6-8-19/h1-10H,11-16H2,(H,26,30). The summed E-state index contributed by atoms with van der Waals surface area (Å²) in [6, 6.07) is 15.9. The molecule has 0 radical (unpaired) electrons. The van der Waals surface area contributed by atoms with Crippen molar-refractivity contribution in [2.45, 2.75) is 6.54 Å². The number of nitrogens with zero attached hydrogens (tertiary/aromatic N) is 4. The summed E-state index contributed by atoms with van der Waals surface area (Å²) >= 11 is 6.23. The van der Waals surface area contributed by atoms with Crippen LogP contribution in [0.2, 0.25) is 5.02 Å². The van der Waals surface area contributed by atoms with Crippen molar-refractivity contribution in [1.29, 1.82) is 0 Å². The van der Waals surface area contributed by atoms with Gasteiger partial charge in [-0.25, -0.2) is 9.07 Å². The van der Waals surface area contributed by atoms with Gasteiger partial charge in [0, 0.05) is 43.0 Å². The molecule has 3 aromatic rings. The van der Waals surface area contributed by atoms with Gasteiger partial charge in [-0.15, -0.1) is 0 Å². The Bertz CT molecular complexity index is 999. The van der Waals surface area contributed by atoms with E-state index in [0.717, 1.165) is 37.4 Å². The maximum absolute atomic E-state index is 13.1. The first-order valence-electron chi connectivity index (χ1n) is 9.86. The van der Waals surface area contributed by atoms with E-state index in [1.165, 1.54) is 12.1 Å². The monoisotopic (exact) mass is 427 g/mol. The van der Waals surface area contributed by atoms with E-state index in [1.807, 2.05) is 24.3 Å². The molecule has 0 unspecified atom stereocenters. The largest absolute Gasteiger partial charge is 0.369 e. The van der Waals surface area contributed by atoms with E-state index < -0.39 is 0 Å². The third-order valence-corrected chi connectivity index (χ3v) is 5.56. The van der Waals surface area contributed by atoms with E-state index in [1.54, 1.807) is 29.1 Å². The molecule has 1 aliphatic rings. The van der Waals surface area contributed by atoms with Gasteiger partial charge in [-0.1, -0.05) is 29.8 Å². The van der Waals surface area contributed by atoms with Gasteiger partial charge in [-0.2, -0.15) is 5.10 Å². The van der Waals surface area contributed by atoms with Crippen molar-refractivity contribution in [2.75, 3.05) is 42.9 Å². The lowest BCUT2D eigenvalue weighted by atomic mass is 10.2. The molecular weight excluding hydrogens is 405 g/mol. The first kappa shape index (κ1) is 20.4. The van der Waals surface area contributed by atoms with Crippen LogP contribution in [-0.4, -0.2) is 53.3 Å². The molecule has 30 heavy (non-hydrogen) atoms. The fourth-order valence-corrected chi connectivity index (χ4v) is 3.75. The Labute approximate surface area is 179 Å². The van der Waals surface area contributed by atoms with Crippen LogP contribution < -0.4 is 10.2 Å².